The van der Waals surface area contributed by atoms with Gasteiger partial charge < -0.3 is 112 Å². The van der Waals surface area contributed by atoms with Crippen LogP contribution in [-0.4, -0.2) is 440 Å². The molecule has 5 atom stereocenters. The Labute approximate surface area is 726 Å². The zero-order valence-corrected chi connectivity index (χ0v) is 79.9. The van der Waals surface area contributed by atoms with Crippen molar-refractivity contribution in [2.75, 3.05) is 314 Å². The standard InChI is InChI=1S/2C12H22ClNO4.C12H26ClNO2.C9H20ClNO2.C9H20ClNO.C8H18ClNO3.C8H18ClNO2.C8H18ClNO/c1-9(15)10(2)18-12(16)11(3)17-8-7-14(4)6-5-13;1-9(2)11(15)18-10(3)12(16)17-8-7-14(4)6-5-13;1-3-4-5-9-15-11-12-16-10-8-14(2)7-6-13;1-3-9(12)8-13-7-6-11(2)5-4-10;1-9(2)8-12-7-6-11(3)5-4-10;1-10(3-2-9)4-5-13-8(6-11)7-12;1-8(7-11)12-6-5-10(2)4-3-9;1-8(2)11-7-6-10(3)5-4-9/h10-11H,5-8H2,1-4H3;9-10H,5-8H2,1-4H3;3-12H2,1-2H3;9,12H,3-8H2,1-2H3;9H,4-8H2,1-3H3;8,11-12H,2-7H2,1H3;8,11H,3-7H2,1-2H3;8H,4-7H2,1-3H3. The van der Waals surface area contributed by atoms with Crippen molar-refractivity contribution in [3.8, 4) is 0 Å². The molecule has 0 spiro atoms. The second kappa shape index (κ2) is 98.7. The van der Waals surface area contributed by atoms with Crippen LogP contribution in [0, 0.1) is 11.8 Å². The molecular formula is C78H164Cl8N8O19. The van der Waals surface area contributed by atoms with Gasteiger partial charge in [0.2, 0.25) is 0 Å². The number of halogens is 8. The van der Waals surface area contributed by atoms with Crippen LogP contribution in [0.2, 0.25) is 0 Å². The molecule has 0 bridgehead atoms. The molecule has 0 saturated heterocycles. The molecule has 0 saturated carbocycles. The molecule has 27 nitrogen and oxygen atoms in total. The van der Waals surface area contributed by atoms with E-state index in [2.05, 4.69) is 52.3 Å². The van der Waals surface area contributed by atoms with Crippen LogP contribution in [0.5, 0.6) is 0 Å². The van der Waals surface area contributed by atoms with Crippen LogP contribution >= 0.6 is 92.8 Å². The summed E-state index contributed by atoms with van der Waals surface area (Å²) in [5.74, 6) is 3.79. The molecule has 0 aromatic rings. The summed E-state index contributed by atoms with van der Waals surface area (Å²) in [7, 11) is 15.9. The van der Waals surface area contributed by atoms with E-state index >= 15 is 0 Å². The first kappa shape index (κ1) is 128. The van der Waals surface area contributed by atoms with Crippen molar-refractivity contribution in [3.63, 3.8) is 0 Å². The van der Waals surface area contributed by atoms with Crippen molar-refractivity contribution in [2.45, 2.75) is 158 Å². The predicted molar refractivity (Wildman–Crippen MR) is 470 cm³/mol. The Morgan fingerprint density at radius 2 is 0.681 bits per heavy atom. The summed E-state index contributed by atoms with van der Waals surface area (Å²) in [5, 5.41) is 35.2. The van der Waals surface area contributed by atoms with Gasteiger partial charge in [-0.15, -0.1) is 92.8 Å². The predicted octanol–water partition coefficient (Wildman–Crippen LogP) is 9.19. The van der Waals surface area contributed by atoms with Gasteiger partial charge in [0.1, 0.15) is 12.7 Å². The van der Waals surface area contributed by atoms with E-state index in [0.29, 0.717) is 118 Å². The third-order valence-electron chi connectivity index (χ3n) is 15.2. The average molecular weight is 1800 g/mol. The maximum atomic E-state index is 11.5. The number of aliphatic hydroxyl groups is 4. The minimum Gasteiger partial charge on any atom is -0.462 e. The molecule has 0 rings (SSSR count). The molecule has 686 valence electrons. The fourth-order valence-electron chi connectivity index (χ4n) is 7.17. The van der Waals surface area contributed by atoms with Gasteiger partial charge in [0, 0.05) is 165 Å². The Hall–Kier alpha value is -0.400. The maximum Gasteiger partial charge on any atom is 0.347 e. The smallest absolute Gasteiger partial charge is 0.347 e. The molecule has 0 aliphatic heterocycles. The van der Waals surface area contributed by atoms with Gasteiger partial charge in [0.15, 0.2) is 24.1 Å². The lowest BCUT2D eigenvalue weighted by molar-refractivity contribution is -0.168. The van der Waals surface area contributed by atoms with Gasteiger partial charge in [-0.05, 0) is 124 Å². The zero-order chi connectivity index (χ0) is 88.0. The lowest BCUT2D eigenvalue weighted by Crippen LogP contribution is -2.32. The summed E-state index contributed by atoms with van der Waals surface area (Å²) < 4.78 is 57.6. The van der Waals surface area contributed by atoms with Gasteiger partial charge in [0.25, 0.3) is 0 Å². The third-order valence-corrected chi connectivity index (χ3v) is 16.6. The summed E-state index contributed by atoms with van der Waals surface area (Å²) >= 11 is 44.5. The van der Waals surface area contributed by atoms with Crippen molar-refractivity contribution in [1.29, 1.82) is 0 Å². The lowest BCUT2D eigenvalue weighted by Gasteiger charge is -2.18. The maximum absolute atomic E-state index is 11.5. The lowest BCUT2D eigenvalue weighted by atomic mass is 10.2. The molecule has 5 unspecified atom stereocenters. The highest BCUT2D eigenvalue weighted by Crippen LogP contribution is 2.05. The second-order valence-corrected chi connectivity index (χ2v) is 30.7. The number of nitrogens with zero attached hydrogens (tertiary/aromatic N) is 8. The van der Waals surface area contributed by atoms with E-state index in [1.807, 2.05) is 91.7 Å². The zero-order valence-electron chi connectivity index (χ0n) is 73.8. The highest BCUT2D eigenvalue weighted by Gasteiger charge is 2.22. The van der Waals surface area contributed by atoms with E-state index in [9.17, 15) is 19.2 Å². The second-order valence-electron chi connectivity index (χ2n) is 27.7. The largest absolute Gasteiger partial charge is 0.462 e. The Bertz CT molecular complexity index is 1950. The van der Waals surface area contributed by atoms with E-state index in [1.54, 1.807) is 27.7 Å². The van der Waals surface area contributed by atoms with E-state index in [0.717, 1.165) is 138 Å². The fraction of sp³-hybridized carbons (Fsp3) is 0.949. The quantitative estimate of drug-likeness (QED) is 0.0191. The molecule has 0 fully saturated rings. The van der Waals surface area contributed by atoms with Gasteiger partial charge in [0.05, 0.1) is 110 Å². The van der Waals surface area contributed by atoms with Crippen LogP contribution in [0.15, 0.2) is 0 Å². The van der Waals surface area contributed by atoms with Crippen LogP contribution in [0.1, 0.15) is 116 Å². The topological polar surface area (TPSA) is 277 Å². The summed E-state index contributed by atoms with van der Waals surface area (Å²) in [6, 6.07) is 0. The molecule has 0 amide bonds. The number of carbonyl (C=O) groups is 4. The number of ether oxygens (including phenoxy) is 11. The van der Waals surface area contributed by atoms with Crippen molar-refractivity contribution >= 4 is 116 Å². The van der Waals surface area contributed by atoms with E-state index < -0.39 is 42.3 Å². The summed E-state index contributed by atoms with van der Waals surface area (Å²) in [6.45, 7) is 45.5. The van der Waals surface area contributed by atoms with Gasteiger partial charge in [-0.2, -0.15) is 0 Å². The number of esters is 3. The molecule has 0 aliphatic rings. The van der Waals surface area contributed by atoms with Gasteiger partial charge in [-0.25, -0.2) is 9.59 Å². The molecule has 35 heteroatoms. The number of aliphatic hydroxyl groups excluding tert-OH is 4. The number of hydrogen-bond donors (Lipinski definition) is 4. The van der Waals surface area contributed by atoms with Gasteiger partial charge in [-0.1, -0.05) is 54.4 Å². The number of rotatable bonds is 65. The Balaban J connectivity index is -0.000000187. The number of unbranched alkanes of at least 4 members (excludes halogenated alkanes) is 2. The minimum absolute atomic E-state index is 0.0607. The number of ketones is 1. The van der Waals surface area contributed by atoms with Crippen LogP contribution < -0.4 is 0 Å². The molecular weight excluding hydrogens is 1640 g/mol. The number of Topliss-reactive ketones (excluding diaryl/α,β-unsaturated/α-hetero) is 1. The Morgan fingerprint density at radius 3 is 1.02 bits per heavy atom. The first-order valence-electron chi connectivity index (χ1n) is 39.9. The number of carbonyl (C=O) groups excluding carboxylic acids is 4. The monoisotopic (exact) mass is 1800 g/mol. The first-order chi connectivity index (χ1) is 53.5. The minimum atomic E-state index is -0.863. The first-order valence-corrected chi connectivity index (χ1v) is 44.1. The molecule has 0 heterocycles. The van der Waals surface area contributed by atoms with Crippen LogP contribution in [0.25, 0.3) is 0 Å². The highest BCUT2D eigenvalue weighted by molar-refractivity contribution is 6.19. The Morgan fingerprint density at radius 1 is 0.345 bits per heavy atom. The van der Waals surface area contributed by atoms with Gasteiger partial charge in [-0.3, -0.25) is 9.59 Å². The molecule has 0 aromatic heterocycles. The SMILES string of the molecule is CC(=O)C(C)OC(=O)C(C)OCCN(C)CCCl.CC(C)C(=O)OC(C)C(=O)OCCN(C)CCCl.CC(C)COCCN(C)CCCl.CC(C)OCCN(C)CCCl.CC(CO)OCCN(C)CCCl.CCC(O)COCCN(C)CCCl.CCCCCOCCOCCN(C)CCCl.CN(CCCl)CCOC(CO)CO. The molecule has 0 aromatic carbocycles. The third kappa shape index (κ3) is 110. The van der Waals surface area contributed by atoms with E-state index in [-0.39, 0.29) is 50.3 Å². The van der Waals surface area contributed by atoms with Crippen LogP contribution in [-0.2, 0) is 71.3 Å². The van der Waals surface area contributed by atoms with E-state index in [1.165, 1.54) is 26.7 Å². The summed E-state index contributed by atoms with van der Waals surface area (Å²) in [5.41, 5.74) is 0. The summed E-state index contributed by atoms with van der Waals surface area (Å²) in [6.07, 6.45) is 1.65. The molecule has 4 N–H and O–H groups in total. The fourth-order valence-corrected chi connectivity index (χ4v) is 9.48. The normalized spacial score (nSPS) is 12.6. The molecule has 0 radical (unpaired) electrons. The van der Waals surface area contributed by atoms with Crippen molar-refractivity contribution < 1.29 is 91.7 Å². The van der Waals surface area contributed by atoms with Crippen LogP contribution in [0.4, 0.5) is 0 Å². The van der Waals surface area contributed by atoms with Crippen molar-refractivity contribution in [3.05, 3.63) is 0 Å². The Kier molecular flexibility index (Phi) is 112. The highest BCUT2D eigenvalue weighted by atomic mass is 35.5. The van der Waals surface area contributed by atoms with Gasteiger partial charge >= 0.3 is 17.9 Å². The molecule has 0 aliphatic carbocycles. The molecule has 113 heavy (non-hydrogen) atoms. The number of hydrogen-bond acceptors (Lipinski definition) is 27. The van der Waals surface area contributed by atoms with Crippen molar-refractivity contribution in [2.24, 2.45) is 11.8 Å². The number of alkyl halides is 8. The van der Waals surface area contributed by atoms with Crippen molar-refractivity contribution in [1.82, 2.24) is 39.2 Å². The average Bonchev–Trinajstić information content (AvgIpc) is 0.937. The van der Waals surface area contributed by atoms with E-state index in [4.69, 9.17) is 165 Å². The number of likely N-dealkylation sites (N-methyl/N-ethyl adjacent to an activating group) is 8. The van der Waals surface area contributed by atoms with Crippen LogP contribution in [0.3, 0.4) is 0 Å². The summed E-state index contributed by atoms with van der Waals surface area (Å²) in [4.78, 5) is 61.9.